The van der Waals surface area contributed by atoms with Crippen LogP contribution < -0.4 is 0 Å². The van der Waals surface area contributed by atoms with Crippen LogP contribution in [0.1, 0.15) is 63.3 Å². The van der Waals surface area contributed by atoms with E-state index in [9.17, 15) is 9.59 Å². The number of rotatable bonds is 1. The molecule has 0 saturated carbocycles. The molecule has 0 aliphatic carbocycles. The van der Waals surface area contributed by atoms with Crippen LogP contribution in [0, 0.1) is 0 Å². The number of ether oxygens (including phenoxy) is 1. The van der Waals surface area contributed by atoms with Crippen LogP contribution in [0.15, 0.2) is 12.1 Å². The molecule has 2 amide bonds. The van der Waals surface area contributed by atoms with Crippen LogP contribution in [0.5, 0.6) is 0 Å². The van der Waals surface area contributed by atoms with Crippen molar-refractivity contribution in [2.75, 3.05) is 6.54 Å². The first-order valence-corrected chi connectivity index (χ1v) is 9.10. The lowest BCUT2D eigenvalue weighted by atomic mass is 9.96. The Labute approximate surface area is 153 Å². The monoisotopic (exact) mass is 364 g/mol. The summed E-state index contributed by atoms with van der Waals surface area (Å²) in [4.78, 5) is 28.0. The second-order valence-corrected chi connectivity index (χ2v) is 8.28. The van der Waals surface area contributed by atoms with Gasteiger partial charge in [-0.05, 0) is 62.4 Å². The second-order valence-electron chi connectivity index (χ2n) is 7.84. The highest BCUT2D eigenvalue weighted by Crippen LogP contribution is 2.40. The second kappa shape index (κ2) is 6.52. The number of carbonyl (C=O) groups excluding carboxylic acids is 2. The zero-order chi connectivity index (χ0) is 18.4. The van der Waals surface area contributed by atoms with E-state index in [1.54, 1.807) is 16.7 Å². The molecule has 1 saturated heterocycles. The molecule has 2 aliphatic rings. The SMILES string of the molecule is CC(=O)N1Cc2cc(Cl)cc(C3CCCN3C(=O)OC(C)(C)C)c2C1. The van der Waals surface area contributed by atoms with E-state index in [2.05, 4.69) is 0 Å². The quantitative estimate of drug-likeness (QED) is 0.747. The van der Waals surface area contributed by atoms with Gasteiger partial charge in [-0.3, -0.25) is 4.79 Å². The Morgan fingerprint density at radius 2 is 1.96 bits per heavy atom. The lowest BCUT2D eigenvalue weighted by Crippen LogP contribution is -2.36. The highest BCUT2D eigenvalue weighted by molar-refractivity contribution is 6.30. The van der Waals surface area contributed by atoms with Crippen molar-refractivity contribution in [2.24, 2.45) is 0 Å². The lowest BCUT2D eigenvalue weighted by Gasteiger charge is -2.30. The van der Waals surface area contributed by atoms with Gasteiger partial charge in [0.15, 0.2) is 0 Å². The highest BCUT2D eigenvalue weighted by Gasteiger charge is 2.36. The fourth-order valence-electron chi connectivity index (χ4n) is 3.65. The van der Waals surface area contributed by atoms with Gasteiger partial charge in [0.05, 0.1) is 6.04 Å². The van der Waals surface area contributed by atoms with Gasteiger partial charge in [-0.25, -0.2) is 4.79 Å². The molecular formula is C19H25ClN2O3. The predicted octanol–water partition coefficient (Wildman–Crippen LogP) is 4.27. The Hall–Kier alpha value is -1.75. The Morgan fingerprint density at radius 1 is 1.24 bits per heavy atom. The maximum absolute atomic E-state index is 12.6. The molecule has 3 rings (SSSR count). The first-order valence-electron chi connectivity index (χ1n) is 8.72. The van der Waals surface area contributed by atoms with Crippen molar-refractivity contribution >= 4 is 23.6 Å². The maximum atomic E-state index is 12.6. The third kappa shape index (κ3) is 3.76. The minimum absolute atomic E-state index is 0.0470. The average Bonchev–Trinajstić information content (AvgIpc) is 3.10. The summed E-state index contributed by atoms with van der Waals surface area (Å²) >= 11 is 6.33. The number of amides is 2. The molecule has 1 aromatic rings. The topological polar surface area (TPSA) is 49.9 Å². The van der Waals surface area contributed by atoms with E-state index in [1.807, 2.05) is 32.9 Å². The van der Waals surface area contributed by atoms with Gasteiger partial charge < -0.3 is 14.5 Å². The molecule has 0 radical (unpaired) electrons. The molecule has 6 heteroatoms. The van der Waals surface area contributed by atoms with E-state index in [0.717, 1.165) is 29.5 Å². The largest absolute Gasteiger partial charge is 0.444 e. The van der Waals surface area contributed by atoms with Gasteiger partial charge in [0.25, 0.3) is 0 Å². The van der Waals surface area contributed by atoms with Crippen molar-refractivity contribution in [2.45, 2.75) is 65.3 Å². The van der Waals surface area contributed by atoms with Crippen molar-refractivity contribution in [1.29, 1.82) is 0 Å². The molecule has 0 spiro atoms. The summed E-state index contributed by atoms with van der Waals surface area (Å²) in [6, 6.07) is 3.82. The predicted molar refractivity (Wildman–Crippen MR) is 96.3 cm³/mol. The van der Waals surface area contributed by atoms with Crippen LogP contribution >= 0.6 is 11.6 Å². The molecule has 1 unspecified atom stereocenters. The molecule has 0 N–H and O–H groups in total. The minimum atomic E-state index is -0.522. The van der Waals surface area contributed by atoms with Crippen LogP contribution in [0.25, 0.3) is 0 Å². The van der Waals surface area contributed by atoms with Gasteiger partial charge >= 0.3 is 6.09 Å². The Bertz CT molecular complexity index is 711. The third-order valence-corrected chi connectivity index (χ3v) is 4.96. The molecule has 0 bridgehead atoms. The first kappa shape index (κ1) is 18.1. The molecule has 1 aromatic carbocycles. The molecule has 1 fully saturated rings. The van der Waals surface area contributed by atoms with E-state index in [1.165, 1.54) is 0 Å². The van der Waals surface area contributed by atoms with Gasteiger partial charge in [-0.1, -0.05) is 11.6 Å². The molecule has 2 aliphatic heterocycles. The fourth-order valence-corrected chi connectivity index (χ4v) is 3.90. The molecular weight excluding hydrogens is 340 g/mol. The van der Waals surface area contributed by atoms with Crippen molar-refractivity contribution in [3.8, 4) is 0 Å². The molecule has 0 aromatic heterocycles. The van der Waals surface area contributed by atoms with Gasteiger partial charge in [0, 0.05) is 31.6 Å². The van der Waals surface area contributed by atoms with Crippen molar-refractivity contribution in [3.05, 3.63) is 33.8 Å². The number of halogens is 1. The van der Waals surface area contributed by atoms with Crippen molar-refractivity contribution < 1.29 is 14.3 Å². The first-order chi connectivity index (χ1) is 11.7. The zero-order valence-electron chi connectivity index (χ0n) is 15.3. The number of nitrogens with zero attached hydrogens (tertiary/aromatic N) is 2. The summed E-state index contributed by atoms with van der Waals surface area (Å²) in [6.07, 6.45) is 1.53. The number of fused-ring (bicyclic) bond motifs is 1. The standard InChI is InChI=1S/C19H25ClN2O3/c1-12(23)21-10-13-8-14(20)9-15(16(13)11-21)17-6-5-7-22(17)18(24)25-19(2,3)4/h8-9,17H,5-7,10-11H2,1-4H3. The molecule has 1 atom stereocenters. The van der Waals surface area contributed by atoms with Gasteiger partial charge in [0.1, 0.15) is 5.60 Å². The maximum Gasteiger partial charge on any atom is 0.410 e. The van der Waals surface area contributed by atoms with E-state index in [0.29, 0.717) is 24.7 Å². The number of hydrogen-bond acceptors (Lipinski definition) is 3. The normalized spacial score (nSPS) is 20.0. The van der Waals surface area contributed by atoms with Crippen molar-refractivity contribution in [3.63, 3.8) is 0 Å². The molecule has 25 heavy (non-hydrogen) atoms. The summed E-state index contributed by atoms with van der Waals surface area (Å²) in [5.41, 5.74) is 2.73. The highest BCUT2D eigenvalue weighted by atomic mass is 35.5. The minimum Gasteiger partial charge on any atom is -0.444 e. The van der Waals surface area contributed by atoms with Crippen LogP contribution in [0.4, 0.5) is 4.79 Å². The Morgan fingerprint density at radius 3 is 2.60 bits per heavy atom. The van der Waals surface area contributed by atoms with Crippen molar-refractivity contribution in [1.82, 2.24) is 9.80 Å². The number of benzene rings is 1. The van der Waals surface area contributed by atoms with E-state index in [4.69, 9.17) is 16.3 Å². The van der Waals surface area contributed by atoms with Crippen LogP contribution in [0.2, 0.25) is 5.02 Å². The van der Waals surface area contributed by atoms with Gasteiger partial charge in [-0.2, -0.15) is 0 Å². The van der Waals surface area contributed by atoms with E-state index < -0.39 is 5.60 Å². The summed E-state index contributed by atoms with van der Waals surface area (Å²) in [5.74, 6) is 0.0497. The van der Waals surface area contributed by atoms with Crippen LogP contribution in [-0.2, 0) is 22.6 Å². The number of carbonyl (C=O) groups is 2. The van der Waals surface area contributed by atoms with Gasteiger partial charge in [-0.15, -0.1) is 0 Å². The van der Waals surface area contributed by atoms with Gasteiger partial charge in [0.2, 0.25) is 5.91 Å². The summed E-state index contributed by atoms with van der Waals surface area (Å²) in [6.45, 7) is 9.04. The third-order valence-electron chi connectivity index (χ3n) is 4.74. The number of hydrogen-bond donors (Lipinski definition) is 0. The summed E-state index contributed by atoms with van der Waals surface area (Å²) in [7, 11) is 0. The number of likely N-dealkylation sites (tertiary alicyclic amines) is 1. The van der Waals surface area contributed by atoms with E-state index >= 15 is 0 Å². The fraction of sp³-hybridized carbons (Fsp3) is 0.579. The smallest absolute Gasteiger partial charge is 0.410 e. The van der Waals surface area contributed by atoms with Crippen LogP contribution in [-0.4, -0.2) is 33.9 Å². The zero-order valence-corrected chi connectivity index (χ0v) is 16.0. The molecule has 136 valence electrons. The molecule has 5 nitrogen and oxygen atoms in total. The Kier molecular flexibility index (Phi) is 4.71. The van der Waals surface area contributed by atoms with E-state index in [-0.39, 0.29) is 18.0 Å². The lowest BCUT2D eigenvalue weighted by molar-refractivity contribution is -0.129. The summed E-state index contributed by atoms with van der Waals surface area (Å²) < 4.78 is 5.57. The summed E-state index contributed by atoms with van der Waals surface area (Å²) in [5, 5.41) is 0.648. The Balaban J connectivity index is 1.92. The average molecular weight is 365 g/mol. The molecule has 2 heterocycles. The van der Waals surface area contributed by atoms with Crippen LogP contribution in [0.3, 0.4) is 0 Å².